The van der Waals surface area contributed by atoms with Crippen LogP contribution in [0.4, 0.5) is 0 Å². The zero-order valence-corrected chi connectivity index (χ0v) is 13.5. The van der Waals surface area contributed by atoms with Crippen molar-refractivity contribution in [2.45, 2.75) is 6.92 Å². The van der Waals surface area contributed by atoms with Gasteiger partial charge in [-0.1, -0.05) is 29.8 Å². The van der Waals surface area contributed by atoms with Gasteiger partial charge in [0.05, 0.1) is 27.8 Å². The van der Waals surface area contributed by atoms with Crippen molar-refractivity contribution in [3.63, 3.8) is 0 Å². The summed E-state index contributed by atoms with van der Waals surface area (Å²) in [5.41, 5.74) is 3.30. The third kappa shape index (κ3) is 1.99. The Morgan fingerprint density at radius 1 is 1.04 bits per heavy atom. The lowest BCUT2D eigenvalue weighted by Gasteiger charge is -2.09. The average Bonchev–Trinajstić information content (AvgIpc) is 2.91. The van der Waals surface area contributed by atoms with Gasteiger partial charge in [0.1, 0.15) is 0 Å². The van der Waals surface area contributed by atoms with Crippen molar-refractivity contribution in [2.75, 3.05) is 0 Å². The maximum absolute atomic E-state index is 12.8. The van der Waals surface area contributed by atoms with Crippen molar-refractivity contribution < 1.29 is 0 Å². The molecule has 0 spiro atoms. The highest BCUT2D eigenvalue weighted by Gasteiger charge is 2.17. The predicted molar refractivity (Wildman–Crippen MR) is 93.6 cm³/mol. The van der Waals surface area contributed by atoms with E-state index >= 15 is 0 Å². The number of nitrogens with zero attached hydrogens (tertiary/aromatic N) is 3. The van der Waals surface area contributed by atoms with Gasteiger partial charge in [0.15, 0.2) is 0 Å². The minimum atomic E-state index is -0.0311. The summed E-state index contributed by atoms with van der Waals surface area (Å²) < 4.78 is 3.50. The normalized spacial score (nSPS) is 11.4. The van der Waals surface area contributed by atoms with Crippen molar-refractivity contribution in [2.24, 2.45) is 7.05 Å². The van der Waals surface area contributed by atoms with Crippen molar-refractivity contribution in [1.29, 1.82) is 0 Å². The Labute approximate surface area is 137 Å². The summed E-state index contributed by atoms with van der Waals surface area (Å²) in [6.07, 6.45) is 0. The molecule has 2 heterocycles. The maximum atomic E-state index is 12.8. The third-order valence-corrected chi connectivity index (χ3v) is 4.42. The van der Waals surface area contributed by atoms with Gasteiger partial charge >= 0.3 is 0 Å². The minimum absolute atomic E-state index is 0.0311. The van der Waals surface area contributed by atoms with Crippen LogP contribution in [-0.4, -0.2) is 14.3 Å². The number of fused-ring (bicyclic) bond motifs is 3. The van der Waals surface area contributed by atoms with Crippen molar-refractivity contribution in [1.82, 2.24) is 14.3 Å². The van der Waals surface area contributed by atoms with Crippen LogP contribution in [0.25, 0.3) is 27.5 Å². The number of rotatable bonds is 1. The molecule has 4 rings (SSSR count). The fourth-order valence-corrected chi connectivity index (χ4v) is 3.17. The summed E-state index contributed by atoms with van der Waals surface area (Å²) in [5, 5.41) is 6.93. The minimum Gasteiger partial charge on any atom is -0.311 e. The molecule has 0 aliphatic carbocycles. The quantitative estimate of drug-likeness (QED) is 0.534. The standard InChI is InChI=1S/C18H14ClN3O/c1-11-16-17(22(20-11)13-9-7-12(19)8-10-13)14-5-3-4-6-15(14)21(2)18(16)23/h3-10H,1-2H3. The number of para-hydroxylation sites is 1. The molecule has 0 aliphatic heterocycles. The molecule has 114 valence electrons. The van der Waals surface area contributed by atoms with Crippen LogP contribution in [-0.2, 0) is 7.05 Å². The zero-order valence-electron chi connectivity index (χ0n) is 12.7. The van der Waals surface area contributed by atoms with Crippen LogP contribution in [0, 0.1) is 6.92 Å². The Kier molecular flexibility index (Phi) is 3.03. The van der Waals surface area contributed by atoms with Crippen molar-refractivity contribution in [3.05, 3.63) is 69.6 Å². The fourth-order valence-electron chi connectivity index (χ4n) is 3.04. The number of pyridine rings is 1. The average molecular weight is 324 g/mol. The van der Waals surface area contributed by atoms with Gasteiger partial charge in [-0.05, 0) is 37.3 Å². The molecular formula is C18H14ClN3O. The van der Waals surface area contributed by atoms with Gasteiger partial charge in [-0.2, -0.15) is 5.10 Å². The van der Waals surface area contributed by atoms with E-state index in [9.17, 15) is 4.79 Å². The lowest BCUT2D eigenvalue weighted by molar-refractivity contribution is 0.891. The number of hydrogen-bond acceptors (Lipinski definition) is 2. The molecule has 0 N–H and O–H groups in total. The molecule has 2 aromatic carbocycles. The predicted octanol–water partition coefficient (Wildman–Crippen LogP) is 3.84. The summed E-state index contributed by atoms with van der Waals surface area (Å²) in [6, 6.07) is 15.3. The number of aromatic nitrogens is 3. The smallest absolute Gasteiger partial charge is 0.262 e. The summed E-state index contributed by atoms with van der Waals surface area (Å²) in [7, 11) is 1.79. The van der Waals surface area contributed by atoms with Crippen LogP contribution in [0.2, 0.25) is 5.02 Å². The van der Waals surface area contributed by atoms with Gasteiger partial charge in [-0.25, -0.2) is 4.68 Å². The lowest BCUT2D eigenvalue weighted by atomic mass is 10.1. The third-order valence-electron chi connectivity index (χ3n) is 4.17. The second-order valence-electron chi connectivity index (χ2n) is 5.58. The van der Waals surface area contributed by atoms with Gasteiger partial charge < -0.3 is 4.57 Å². The van der Waals surface area contributed by atoms with Crippen LogP contribution < -0.4 is 5.56 Å². The maximum Gasteiger partial charge on any atom is 0.262 e. The Balaban J connectivity index is 2.23. The van der Waals surface area contributed by atoms with E-state index in [1.54, 1.807) is 11.6 Å². The first-order chi connectivity index (χ1) is 11.1. The van der Waals surface area contributed by atoms with Crippen LogP contribution in [0.5, 0.6) is 0 Å². The molecule has 0 bridgehead atoms. The Morgan fingerprint density at radius 2 is 1.74 bits per heavy atom. The molecule has 5 heteroatoms. The second kappa shape index (κ2) is 4.96. The SMILES string of the molecule is Cc1nn(-c2ccc(Cl)cc2)c2c1c(=O)n(C)c1ccccc21. The molecule has 0 radical (unpaired) electrons. The Morgan fingerprint density at radius 3 is 2.48 bits per heavy atom. The first-order valence-corrected chi connectivity index (χ1v) is 7.69. The molecule has 0 atom stereocenters. The number of hydrogen-bond donors (Lipinski definition) is 0. The first kappa shape index (κ1) is 14.0. The zero-order chi connectivity index (χ0) is 16.1. The van der Waals surface area contributed by atoms with Gasteiger partial charge in [0, 0.05) is 17.5 Å². The van der Waals surface area contributed by atoms with E-state index in [1.165, 1.54) is 0 Å². The fraction of sp³-hybridized carbons (Fsp3) is 0.111. The van der Waals surface area contributed by atoms with Gasteiger partial charge in [-0.3, -0.25) is 4.79 Å². The molecule has 4 nitrogen and oxygen atoms in total. The van der Waals surface area contributed by atoms with Crippen LogP contribution >= 0.6 is 11.6 Å². The van der Waals surface area contributed by atoms with E-state index in [0.717, 1.165) is 27.8 Å². The largest absolute Gasteiger partial charge is 0.311 e. The monoisotopic (exact) mass is 323 g/mol. The summed E-state index contributed by atoms with van der Waals surface area (Å²) in [6.45, 7) is 1.87. The molecule has 0 unspecified atom stereocenters. The number of aryl methyl sites for hydroxylation is 2. The molecule has 0 saturated carbocycles. The Hall–Kier alpha value is -2.59. The second-order valence-corrected chi connectivity index (χ2v) is 6.01. The number of halogens is 1. The summed E-state index contributed by atoms with van der Waals surface area (Å²) in [5.74, 6) is 0. The van der Waals surface area contributed by atoms with E-state index in [1.807, 2.05) is 60.1 Å². The van der Waals surface area contributed by atoms with E-state index in [-0.39, 0.29) is 5.56 Å². The Bertz CT molecular complexity index is 1110. The van der Waals surface area contributed by atoms with E-state index in [0.29, 0.717) is 10.4 Å². The highest BCUT2D eigenvalue weighted by atomic mass is 35.5. The summed E-state index contributed by atoms with van der Waals surface area (Å²) >= 11 is 5.98. The van der Waals surface area contributed by atoms with Crippen molar-refractivity contribution >= 4 is 33.4 Å². The molecule has 0 aliphatic rings. The van der Waals surface area contributed by atoms with E-state index in [4.69, 9.17) is 11.6 Å². The van der Waals surface area contributed by atoms with Crippen LogP contribution in [0.15, 0.2) is 53.3 Å². The van der Waals surface area contributed by atoms with Crippen LogP contribution in [0.3, 0.4) is 0 Å². The number of benzene rings is 2. The molecular weight excluding hydrogens is 310 g/mol. The van der Waals surface area contributed by atoms with Crippen molar-refractivity contribution in [3.8, 4) is 5.69 Å². The molecule has 23 heavy (non-hydrogen) atoms. The summed E-state index contributed by atoms with van der Waals surface area (Å²) in [4.78, 5) is 12.8. The van der Waals surface area contributed by atoms with Gasteiger partial charge in [0.2, 0.25) is 0 Å². The lowest BCUT2D eigenvalue weighted by Crippen LogP contribution is -2.17. The highest BCUT2D eigenvalue weighted by Crippen LogP contribution is 2.27. The van der Waals surface area contributed by atoms with Gasteiger partial charge in [0.25, 0.3) is 5.56 Å². The molecule has 2 aromatic heterocycles. The molecule has 0 fully saturated rings. The molecule has 0 saturated heterocycles. The topological polar surface area (TPSA) is 39.8 Å². The van der Waals surface area contributed by atoms with Gasteiger partial charge in [-0.15, -0.1) is 0 Å². The first-order valence-electron chi connectivity index (χ1n) is 7.31. The van der Waals surface area contributed by atoms with E-state index in [2.05, 4.69) is 5.10 Å². The molecule has 4 aromatic rings. The highest BCUT2D eigenvalue weighted by molar-refractivity contribution is 6.30. The van der Waals surface area contributed by atoms with Crippen LogP contribution in [0.1, 0.15) is 5.69 Å². The van der Waals surface area contributed by atoms with E-state index < -0.39 is 0 Å². The molecule has 0 amide bonds.